The molecule has 0 saturated carbocycles. The van der Waals surface area contributed by atoms with Crippen molar-refractivity contribution in [3.8, 4) is 5.75 Å². The number of carboxylic acids is 1. The molecule has 0 radical (unpaired) electrons. The summed E-state index contributed by atoms with van der Waals surface area (Å²) in [5, 5.41) is 30.8. The number of aliphatic carboxylic acids is 1. The number of carboxylic acid groups (broad SMARTS) is 1. The van der Waals surface area contributed by atoms with Crippen molar-refractivity contribution in [1.82, 2.24) is 5.32 Å². The second-order valence-corrected chi connectivity index (χ2v) is 5.48. The highest BCUT2D eigenvalue weighted by Gasteiger charge is 2.24. The van der Waals surface area contributed by atoms with Gasteiger partial charge in [-0.25, -0.2) is 4.79 Å². The lowest BCUT2D eigenvalue weighted by molar-refractivity contribution is -0.143. The average Bonchev–Trinajstić information content (AvgIpc) is 2.56. The summed E-state index contributed by atoms with van der Waals surface area (Å²) in [5.74, 6) is -1.85. The Hall–Kier alpha value is -2.86. The summed E-state index contributed by atoms with van der Waals surface area (Å²) in [7, 11) is 0. The summed E-state index contributed by atoms with van der Waals surface area (Å²) < 4.78 is 0. The van der Waals surface area contributed by atoms with Crippen molar-refractivity contribution in [2.24, 2.45) is 0 Å². The van der Waals surface area contributed by atoms with Gasteiger partial charge in [0.15, 0.2) is 0 Å². The summed E-state index contributed by atoms with van der Waals surface area (Å²) in [6, 6.07) is 13.9. The third-order valence-corrected chi connectivity index (χ3v) is 3.57. The zero-order chi connectivity index (χ0) is 17.5. The van der Waals surface area contributed by atoms with Gasteiger partial charge in [-0.1, -0.05) is 42.5 Å². The third-order valence-electron chi connectivity index (χ3n) is 3.57. The Morgan fingerprint density at radius 1 is 0.917 bits per heavy atom. The fourth-order valence-electron chi connectivity index (χ4n) is 2.27. The van der Waals surface area contributed by atoms with E-state index in [0.717, 1.165) is 5.56 Å². The van der Waals surface area contributed by atoms with E-state index in [0.29, 0.717) is 5.56 Å². The lowest BCUT2D eigenvalue weighted by atomic mass is 10.0. The Kier molecular flexibility index (Phi) is 5.92. The molecule has 2 aromatic carbocycles. The van der Waals surface area contributed by atoms with E-state index in [-0.39, 0.29) is 18.6 Å². The van der Waals surface area contributed by atoms with E-state index < -0.39 is 24.0 Å². The molecule has 0 aliphatic rings. The van der Waals surface area contributed by atoms with Crippen LogP contribution in [-0.4, -0.2) is 39.3 Å². The number of carbonyl (C=O) groups is 2. The minimum absolute atomic E-state index is 0.0550. The zero-order valence-corrected chi connectivity index (χ0v) is 12.9. The van der Waals surface area contributed by atoms with E-state index in [1.54, 1.807) is 36.4 Å². The van der Waals surface area contributed by atoms with Crippen molar-refractivity contribution in [1.29, 1.82) is 0 Å². The van der Waals surface area contributed by atoms with Gasteiger partial charge in [0, 0.05) is 12.8 Å². The van der Waals surface area contributed by atoms with E-state index in [2.05, 4.69) is 5.32 Å². The Morgan fingerprint density at radius 2 is 1.50 bits per heavy atom. The molecule has 1 amide bonds. The molecule has 126 valence electrons. The van der Waals surface area contributed by atoms with E-state index in [9.17, 15) is 24.9 Å². The second-order valence-electron chi connectivity index (χ2n) is 5.48. The summed E-state index contributed by atoms with van der Waals surface area (Å²) >= 11 is 0. The number of nitrogens with one attached hydrogen (secondary N) is 1. The SMILES string of the molecule is O=C(N[C@H](Cc1ccc(O)cc1)C(=O)O)[C@H](O)Cc1ccccc1. The summed E-state index contributed by atoms with van der Waals surface area (Å²) in [5.41, 5.74) is 1.43. The standard InChI is InChI=1S/C18H19NO5/c20-14-8-6-13(7-9-14)10-15(18(23)24)19-17(22)16(21)11-12-4-2-1-3-5-12/h1-9,15-16,20-21H,10-11H2,(H,19,22)(H,23,24)/t15-,16-/m1/s1. The van der Waals surface area contributed by atoms with Crippen molar-refractivity contribution < 1.29 is 24.9 Å². The molecule has 0 bridgehead atoms. The predicted molar refractivity (Wildman–Crippen MR) is 87.5 cm³/mol. The Labute approximate surface area is 139 Å². The van der Waals surface area contributed by atoms with Crippen LogP contribution >= 0.6 is 0 Å². The molecule has 0 heterocycles. The van der Waals surface area contributed by atoms with Crippen molar-refractivity contribution in [3.63, 3.8) is 0 Å². The maximum atomic E-state index is 12.0. The van der Waals surface area contributed by atoms with Gasteiger partial charge in [-0.15, -0.1) is 0 Å². The van der Waals surface area contributed by atoms with E-state index in [1.807, 2.05) is 6.07 Å². The van der Waals surface area contributed by atoms with Gasteiger partial charge >= 0.3 is 5.97 Å². The summed E-state index contributed by atoms with van der Waals surface area (Å²) in [6.07, 6.45) is -1.16. The average molecular weight is 329 g/mol. The van der Waals surface area contributed by atoms with Gasteiger partial charge in [0.2, 0.25) is 5.91 Å². The van der Waals surface area contributed by atoms with Crippen LogP contribution in [0.1, 0.15) is 11.1 Å². The smallest absolute Gasteiger partial charge is 0.326 e. The molecular formula is C18H19NO5. The molecule has 0 saturated heterocycles. The molecule has 24 heavy (non-hydrogen) atoms. The van der Waals surface area contributed by atoms with Crippen molar-refractivity contribution in [3.05, 3.63) is 65.7 Å². The number of phenols is 1. The fourth-order valence-corrected chi connectivity index (χ4v) is 2.27. The molecule has 0 aromatic heterocycles. The first-order chi connectivity index (χ1) is 11.5. The molecule has 6 nitrogen and oxygen atoms in total. The molecule has 6 heteroatoms. The number of aliphatic hydroxyl groups is 1. The van der Waals surface area contributed by atoms with Gasteiger partial charge in [-0.2, -0.15) is 0 Å². The number of carbonyl (C=O) groups excluding carboxylic acids is 1. The van der Waals surface area contributed by atoms with Crippen LogP contribution in [0.2, 0.25) is 0 Å². The third kappa shape index (κ3) is 5.10. The van der Waals surface area contributed by atoms with Crippen LogP contribution in [0.5, 0.6) is 5.75 Å². The first-order valence-corrected chi connectivity index (χ1v) is 7.49. The molecule has 4 N–H and O–H groups in total. The van der Waals surface area contributed by atoms with Gasteiger partial charge in [-0.3, -0.25) is 4.79 Å². The molecule has 0 unspecified atom stereocenters. The number of amides is 1. The van der Waals surface area contributed by atoms with Gasteiger partial charge < -0.3 is 20.6 Å². The van der Waals surface area contributed by atoms with Gasteiger partial charge in [-0.05, 0) is 23.3 Å². The summed E-state index contributed by atoms with van der Waals surface area (Å²) in [6.45, 7) is 0. The number of aliphatic hydroxyl groups excluding tert-OH is 1. The van der Waals surface area contributed by atoms with Crippen LogP contribution in [0.4, 0.5) is 0 Å². The zero-order valence-electron chi connectivity index (χ0n) is 12.9. The Balaban J connectivity index is 1.97. The number of hydrogen-bond donors (Lipinski definition) is 4. The molecule has 2 rings (SSSR count). The highest BCUT2D eigenvalue weighted by Crippen LogP contribution is 2.12. The first kappa shape index (κ1) is 17.5. The molecular weight excluding hydrogens is 310 g/mol. The highest BCUT2D eigenvalue weighted by atomic mass is 16.4. The topological polar surface area (TPSA) is 107 Å². The largest absolute Gasteiger partial charge is 0.508 e. The van der Waals surface area contributed by atoms with Crippen LogP contribution in [0, 0.1) is 0 Å². The number of hydrogen-bond acceptors (Lipinski definition) is 4. The Bertz CT molecular complexity index is 684. The first-order valence-electron chi connectivity index (χ1n) is 7.49. The molecule has 0 spiro atoms. The molecule has 0 aliphatic carbocycles. The van der Waals surface area contributed by atoms with Gasteiger partial charge in [0.05, 0.1) is 0 Å². The maximum Gasteiger partial charge on any atom is 0.326 e. The van der Waals surface area contributed by atoms with Crippen LogP contribution in [0.25, 0.3) is 0 Å². The number of phenolic OH excluding ortho intramolecular Hbond substituents is 1. The molecule has 0 fully saturated rings. The molecule has 0 aliphatic heterocycles. The monoisotopic (exact) mass is 329 g/mol. The maximum absolute atomic E-state index is 12.0. The van der Waals surface area contributed by atoms with Crippen LogP contribution in [0.3, 0.4) is 0 Å². The quantitative estimate of drug-likeness (QED) is 0.609. The minimum Gasteiger partial charge on any atom is -0.508 e. The number of benzene rings is 2. The van der Waals surface area contributed by atoms with Crippen molar-refractivity contribution in [2.75, 3.05) is 0 Å². The Morgan fingerprint density at radius 3 is 2.08 bits per heavy atom. The molecule has 2 aromatic rings. The van der Waals surface area contributed by atoms with E-state index in [1.165, 1.54) is 12.1 Å². The number of aromatic hydroxyl groups is 1. The van der Waals surface area contributed by atoms with Crippen LogP contribution in [-0.2, 0) is 22.4 Å². The summed E-state index contributed by atoms with van der Waals surface area (Å²) in [4.78, 5) is 23.4. The second kappa shape index (κ2) is 8.12. The highest BCUT2D eigenvalue weighted by molar-refractivity contribution is 5.86. The lowest BCUT2D eigenvalue weighted by Gasteiger charge is -2.17. The van der Waals surface area contributed by atoms with Gasteiger partial charge in [0.25, 0.3) is 0 Å². The normalized spacial score (nSPS) is 13.0. The molecule has 2 atom stereocenters. The van der Waals surface area contributed by atoms with Crippen molar-refractivity contribution in [2.45, 2.75) is 25.0 Å². The van der Waals surface area contributed by atoms with Crippen LogP contribution in [0.15, 0.2) is 54.6 Å². The van der Waals surface area contributed by atoms with E-state index in [4.69, 9.17) is 0 Å². The minimum atomic E-state index is -1.32. The fraction of sp³-hybridized carbons (Fsp3) is 0.222. The lowest BCUT2D eigenvalue weighted by Crippen LogP contribution is -2.47. The predicted octanol–water partition coefficient (Wildman–Crippen LogP) is 1.11. The van der Waals surface area contributed by atoms with Crippen LogP contribution < -0.4 is 5.32 Å². The van der Waals surface area contributed by atoms with E-state index >= 15 is 0 Å². The number of rotatable bonds is 7. The van der Waals surface area contributed by atoms with Crippen molar-refractivity contribution >= 4 is 11.9 Å². The van der Waals surface area contributed by atoms with Gasteiger partial charge in [0.1, 0.15) is 17.9 Å².